The number of ether oxygens (including phenoxy) is 2. The van der Waals surface area contributed by atoms with Crippen LogP contribution in [-0.4, -0.2) is 18.5 Å². The molecule has 0 aliphatic heterocycles. The van der Waals surface area contributed by atoms with E-state index in [1.807, 2.05) is 27.7 Å². The van der Waals surface area contributed by atoms with Crippen LogP contribution in [0.5, 0.6) is 0 Å². The van der Waals surface area contributed by atoms with E-state index >= 15 is 0 Å². The summed E-state index contributed by atoms with van der Waals surface area (Å²) in [7, 11) is 0. The van der Waals surface area contributed by atoms with Crippen molar-refractivity contribution in [3.8, 4) is 0 Å². The zero-order valence-corrected chi connectivity index (χ0v) is 8.31. The van der Waals surface area contributed by atoms with Crippen LogP contribution in [0.15, 0.2) is 0 Å². The van der Waals surface area contributed by atoms with E-state index in [0.717, 1.165) is 6.42 Å². The zero-order chi connectivity index (χ0) is 8.91. The molecule has 11 heavy (non-hydrogen) atoms. The molecule has 0 aromatic rings. The van der Waals surface area contributed by atoms with Gasteiger partial charge in [0.2, 0.25) is 0 Å². The Bertz CT molecular complexity index is 102. The van der Waals surface area contributed by atoms with Crippen molar-refractivity contribution >= 4 is 0 Å². The Morgan fingerprint density at radius 1 is 1.27 bits per heavy atom. The van der Waals surface area contributed by atoms with Gasteiger partial charge in [0, 0.05) is 6.61 Å². The average Bonchev–Trinajstić information content (AvgIpc) is 1.87. The lowest BCUT2D eigenvalue weighted by atomic mass is 10.2. The van der Waals surface area contributed by atoms with Gasteiger partial charge in [-0.25, -0.2) is 0 Å². The molecule has 0 aliphatic carbocycles. The van der Waals surface area contributed by atoms with E-state index in [-0.39, 0.29) is 11.9 Å². The van der Waals surface area contributed by atoms with Crippen molar-refractivity contribution in [1.29, 1.82) is 0 Å². The van der Waals surface area contributed by atoms with Crippen molar-refractivity contribution < 1.29 is 9.47 Å². The number of rotatable bonds is 5. The van der Waals surface area contributed by atoms with Gasteiger partial charge >= 0.3 is 0 Å². The molecule has 2 heteroatoms. The second-order valence-electron chi connectivity index (χ2n) is 3.09. The summed E-state index contributed by atoms with van der Waals surface area (Å²) >= 11 is 0. The Morgan fingerprint density at radius 2 is 1.82 bits per heavy atom. The summed E-state index contributed by atoms with van der Waals surface area (Å²) in [6, 6.07) is 0. The van der Waals surface area contributed by atoms with Crippen molar-refractivity contribution in [2.24, 2.45) is 0 Å². The van der Waals surface area contributed by atoms with Gasteiger partial charge in [0.1, 0.15) is 0 Å². The summed E-state index contributed by atoms with van der Waals surface area (Å²) in [5.74, 6) is -0.386. The molecule has 0 bridgehead atoms. The maximum atomic E-state index is 5.61. The highest BCUT2D eigenvalue weighted by molar-refractivity contribution is 4.60. The molecule has 0 aromatic heterocycles. The summed E-state index contributed by atoms with van der Waals surface area (Å²) in [6.45, 7) is 10.8. The van der Waals surface area contributed by atoms with E-state index in [0.29, 0.717) is 6.61 Å². The molecule has 68 valence electrons. The highest BCUT2D eigenvalue weighted by Gasteiger charge is 2.23. The molecule has 1 atom stereocenters. The van der Waals surface area contributed by atoms with Crippen molar-refractivity contribution in [1.82, 2.24) is 0 Å². The smallest absolute Gasteiger partial charge is 0.165 e. The van der Waals surface area contributed by atoms with E-state index in [9.17, 15) is 0 Å². The van der Waals surface area contributed by atoms with Crippen molar-refractivity contribution in [3.63, 3.8) is 0 Å². The molecule has 0 amide bonds. The van der Waals surface area contributed by atoms with Crippen molar-refractivity contribution in [3.05, 3.63) is 0 Å². The first kappa shape index (κ1) is 10.9. The van der Waals surface area contributed by atoms with Gasteiger partial charge in [-0.1, -0.05) is 6.92 Å². The minimum absolute atomic E-state index is 0.228. The maximum Gasteiger partial charge on any atom is 0.165 e. The van der Waals surface area contributed by atoms with Crippen LogP contribution in [0.3, 0.4) is 0 Å². The maximum absolute atomic E-state index is 5.61. The molecule has 0 rings (SSSR count). The van der Waals surface area contributed by atoms with Gasteiger partial charge in [-0.2, -0.15) is 0 Å². The molecule has 0 fully saturated rings. The van der Waals surface area contributed by atoms with Gasteiger partial charge in [-0.3, -0.25) is 0 Å². The fourth-order valence-corrected chi connectivity index (χ4v) is 1.02. The third kappa shape index (κ3) is 4.38. The SMILES string of the molecule is CCOC(C)(CC)OC(C)C. The molecular formula is C9H20O2. The summed E-state index contributed by atoms with van der Waals surface area (Å²) in [5.41, 5.74) is 0. The van der Waals surface area contributed by atoms with Crippen LogP contribution >= 0.6 is 0 Å². The minimum atomic E-state index is -0.386. The molecule has 1 unspecified atom stereocenters. The lowest BCUT2D eigenvalue weighted by molar-refractivity contribution is -0.241. The fraction of sp³-hybridized carbons (Fsp3) is 1.00. The highest BCUT2D eigenvalue weighted by Crippen LogP contribution is 2.18. The molecule has 0 spiro atoms. The Hall–Kier alpha value is -0.0800. The van der Waals surface area contributed by atoms with Crippen LogP contribution in [0, 0.1) is 0 Å². The normalized spacial score (nSPS) is 16.9. The van der Waals surface area contributed by atoms with Gasteiger partial charge in [0.05, 0.1) is 6.10 Å². The molecule has 0 N–H and O–H groups in total. The topological polar surface area (TPSA) is 18.5 Å². The van der Waals surface area contributed by atoms with Crippen LogP contribution in [0.1, 0.15) is 41.0 Å². The Balaban J connectivity index is 3.87. The summed E-state index contributed by atoms with van der Waals surface area (Å²) in [6.07, 6.45) is 1.12. The second-order valence-corrected chi connectivity index (χ2v) is 3.09. The lowest BCUT2D eigenvalue weighted by Gasteiger charge is -2.30. The summed E-state index contributed by atoms with van der Waals surface area (Å²) in [4.78, 5) is 0. The molecule has 0 aliphatic rings. The predicted molar refractivity (Wildman–Crippen MR) is 46.5 cm³/mol. The average molecular weight is 160 g/mol. The molecule has 0 radical (unpaired) electrons. The Labute approximate surface area is 69.9 Å². The molecule has 0 aromatic carbocycles. The quantitative estimate of drug-likeness (QED) is 0.575. The third-order valence-electron chi connectivity index (χ3n) is 1.58. The second kappa shape index (κ2) is 4.73. The van der Waals surface area contributed by atoms with E-state index in [4.69, 9.17) is 9.47 Å². The highest BCUT2D eigenvalue weighted by atomic mass is 16.7. The van der Waals surface area contributed by atoms with E-state index in [1.165, 1.54) is 0 Å². The van der Waals surface area contributed by atoms with Gasteiger partial charge in [0.25, 0.3) is 0 Å². The fourth-order valence-electron chi connectivity index (χ4n) is 1.02. The third-order valence-corrected chi connectivity index (χ3v) is 1.58. The van der Waals surface area contributed by atoms with Crippen LogP contribution in [0.25, 0.3) is 0 Å². The Kier molecular flexibility index (Phi) is 4.69. The molecule has 0 saturated heterocycles. The van der Waals surface area contributed by atoms with E-state index in [2.05, 4.69) is 6.92 Å². The van der Waals surface area contributed by atoms with Crippen LogP contribution in [-0.2, 0) is 9.47 Å². The predicted octanol–water partition coefficient (Wildman–Crippen LogP) is 2.57. The lowest BCUT2D eigenvalue weighted by Crippen LogP contribution is -2.34. The first-order chi connectivity index (χ1) is 5.04. The summed E-state index contributed by atoms with van der Waals surface area (Å²) < 4.78 is 11.1. The van der Waals surface area contributed by atoms with Gasteiger partial charge in [-0.05, 0) is 34.1 Å². The van der Waals surface area contributed by atoms with Crippen molar-refractivity contribution in [2.75, 3.05) is 6.61 Å². The molecule has 0 saturated carbocycles. The Morgan fingerprint density at radius 3 is 2.09 bits per heavy atom. The van der Waals surface area contributed by atoms with Gasteiger partial charge in [0.15, 0.2) is 5.79 Å². The van der Waals surface area contributed by atoms with E-state index in [1.54, 1.807) is 0 Å². The first-order valence-electron chi connectivity index (χ1n) is 4.36. The monoisotopic (exact) mass is 160 g/mol. The summed E-state index contributed by atoms with van der Waals surface area (Å²) in [5, 5.41) is 0. The number of hydrogen-bond acceptors (Lipinski definition) is 2. The molecular weight excluding hydrogens is 140 g/mol. The standard InChI is InChI=1S/C9H20O2/c1-6-9(5,10-7-2)11-8(3)4/h8H,6-7H2,1-5H3. The first-order valence-corrected chi connectivity index (χ1v) is 4.36. The van der Waals surface area contributed by atoms with Gasteiger partial charge < -0.3 is 9.47 Å². The molecule has 0 heterocycles. The number of hydrogen-bond donors (Lipinski definition) is 0. The minimum Gasteiger partial charge on any atom is -0.351 e. The largest absolute Gasteiger partial charge is 0.351 e. The zero-order valence-electron chi connectivity index (χ0n) is 8.31. The van der Waals surface area contributed by atoms with Crippen LogP contribution in [0.2, 0.25) is 0 Å². The van der Waals surface area contributed by atoms with Crippen LogP contribution in [0.4, 0.5) is 0 Å². The van der Waals surface area contributed by atoms with Crippen molar-refractivity contribution in [2.45, 2.75) is 52.9 Å². The van der Waals surface area contributed by atoms with Gasteiger partial charge in [-0.15, -0.1) is 0 Å². The van der Waals surface area contributed by atoms with E-state index < -0.39 is 0 Å². The van der Waals surface area contributed by atoms with Crippen LogP contribution < -0.4 is 0 Å². The molecule has 2 nitrogen and oxygen atoms in total.